The monoisotopic (exact) mass is 485 g/mol. The van der Waals surface area contributed by atoms with Gasteiger partial charge in [0.25, 0.3) is 5.56 Å². The summed E-state index contributed by atoms with van der Waals surface area (Å²) >= 11 is 7.38. The molecule has 0 aliphatic rings. The number of benzene rings is 2. The van der Waals surface area contributed by atoms with Gasteiger partial charge in [0.15, 0.2) is 10.9 Å². The number of nitrogens with zero attached hydrogens (tertiary/aromatic N) is 2. The molecule has 1 heterocycles. The highest BCUT2D eigenvalue weighted by Crippen LogP contribution is 2.22. The predicted molar refractivity (Wildman–Crippen MR) is 134 cm³/mol. The van der Waals surface area contributed by atoms with Crippen LogP contribution >= 0.6 is 23.4 Å². The fourth-order valence-electron chi connectivity index (χ4n) is 3.45. The maximum atomic E-state index is 13.1. The minimum atomic E-state index is -0.105. The first-order valence-corrected chi connectivity index (χ1v) is 12.4. The van der Waals surface area contributed by atoms with Crippen molar-refractivity contribution in [1.82, 2.24) is 14.9 Å². The molecule has 0 radical (unpaired) electrons. The van der Waals surface area contributed by atoms with E-state index in [0.29, 0.717) is 46.2 Å². The molecular weight excluding hydrogens is 458 g/mol. The lowest BCUT2D eigenvalue weighted by atomic mass is 10.1. The molecule has 0 saturated carbocycles. The highest BCUT2D eigenvalue weighted by molar-refractivity contribution is 7.99. The van der Waals surface area contributed by atoms with Gasteiger partial charge in [0.1, 0.15) is 0 Å². The first-order chi connectivity index (χ1) is 15.9. The SMILES string of the molecule is CCCCCn1c(SCC(=O)c2ccc(CCNC(C)=O)cc2)nc2cc(Cl)ccc2c1=O. The maximum Gasteiger partial charge on any atom is 0.262 e. The van der Waals surface area contributed by atoms with Gasteiger partial charge in [0.2, 0.25) is 5.91 Å². The molecule has 1 N–H and O–H groups in total. The van der Waals surface area contributed by atoms with E-state index in [0.717, 1.165) is 24.8 Å². The Hall–Kier alpha value is -2.64. The van der Waals surface area contributed by atoms with Gasteiger partial charge in [-0.2, -0.15) is 0 Å². The third kappa shape index (κ3) is 6.92. The van der Waals surface area contributed by atoms with E-state index in [2.05, 4.69) is 17.2 Å². The Morgan fingerprint density at radius 2 is 1.88 bits per heavy atom. The van der Waals surface area contributed by atoms with Crippen molar-refractivity contribution >= 4 is 46.0 Å². The minimum Gasteiger partial charge on any atom is -0.356 e. The number of halogens is 1. The normalized spacial score (nSPS) is 11.0. The lowest BCUT2D eigenvalue weighted by molar-refractivity contribution is -0.118. The fourth-order valence-corrected chi connectivity index (χ4v) is 4.54. The molecule has 1 amide bonds. The number of fused-ring (bicyclic) bond motifs is 1. The Morgan fingerprint density at radius 3 is 2.58 bits per heavy atom. The predicted octanol–water partition coefficient (Wildman–Crippen LogP) is 4.89. The number of amides is 1. The van der Waals surface area contributed by atoms with Crippen LogP contribution in [0.2, 0.25) is 5.02 Å². The second-order valence-electron chi connectivity index (χ2n) is 7.86. The molecular formula is C25H28ClN3O3S. The van der Waals surface area contributed by atoms with Crippen LogP contribution in [0.4, 0.5) is 0 Å². The van der Waals surface area contributed by atoms with Gasteiger partial charge in [-0.3, -0.25) is 19.0 Å². The number of nitrogens with one attached hydrogen (secondary N) is 1. The van der Waals surface area contributed by atoms with Crippen molar-refractivity contribution in [3.63, 3.8) is 0 Å². The second kappa shape index (κ2) is 12.0. The van der Waals surface area contributed by atoms with Crippen LogP contribution in [0.1, 0.15) is 49.0 Å². The zero-order valence-corrected chi connectivity index (χ0v) is 20.5. The Kier molecular flexibility index (Phi) is 9.09. The number of hydrogen-bond donors (Lipinski definition) is 1. The molecule has 33 heavy (non-hydrogen) atoms. The summed E-state index contributed by atoms with van der Waals surface area (Å²) in [6.07, 6.45) is 3.64. The van der Waals surface area contributed by atoms with E-state index >= 15 is 0 Å². The van der Waals surface area contributed by atoms with E-state index in [1.807, 2.05) is 12.1 Å². The molecule has 6 nitrogen and oxygen atoms in total. The number of rotatable bonds is 11. The number of carbonyl (C=O) groups is 2. The molecule has 0 aliphatic heterocycles. The number of unbranched alkanes of at least 4 members (excludes halogenated alkanes) is 2. The van der Waals surface area contributed by atoms with Crippen molar-refractivity contribution < 1.29 is 9.59 Å². The highest BCUT2D eigenvalue weighted by Gasteiger charge is 2.14. The van der Waals surface area contributed by atoms with Crippen molar-refractivity contribution in [3.05, 3.63) is 69.0 Å². The van der Waals surface area contributed by atoms with Crippen LogP contribution in [0.3, 0.4) is 0 Å². The van der Waals surface area contributed by atoms with Crippen molar-refractivity contribution in [2.24, 2.45) is 0 Å². The summed E-state index contributed by atoms with van der Waals surface area (Å²) < 4.78 is 1.68. The van der Waals surface area contributed by atoms with E-state index in [-0.39, 0.29) is 23.0 Å². The molecule has 3 rings (SSSR count). The van der Waals surface area contributed by atoms with Crippen molar-refractivity contribution in [2.75, 3.05) is 12.3 Å². The Labute approximate surface area is 202 Å². The molecule has 0 saturated heterocycles. The molecule has 0 unspecified atom stereocenters. The smallest absolute Gasteiger partial charge is 0.262 e. The average Bonchev–Trinajstić information content (AvgIpc) is 2.79. The van der Waals surface area contributed by atoms with Crippen LogP contribution < -0.4 is 10.9 Å². The number of hydrogen-bond acceptors (Lipinski definition) is 5. The van der Waals surface area contributed by atoms with E-state index in [1.54, 1.807) is 34.9 Å². The van der Waals surface area contributed by atoms with Gasteiger partial charge in [-0.25, -0.2) is 4.98 Å². The van der Waals surface area contributed by atoms with Crippen LogP contribution in [0.15, 0.2) is 52.4 Å². The molecule has 0 bridgehead atoms. The Balaban J connectivity index is 1.75. The summed E-state index contributed by atoms with van der Waals surface area (Å²) in [4.78, 5) is 41.5. The summed E-state index contributed by atoms with van der Waals surface area (Å²) in [5.41, 5.74) is 2.09. The number of Topliss-reactive ketones (excluding diaryl/α,β-unsaturated/α-hetero) is 1. The van der Waals surface area contributed by atoms with Gasteiger partial charge in [-0.15, -0.1) is 0 Å². The van der Waals surface area contributed by atoms with Gasteiger partial charge in [-0.05, 0) is 36.6 Å². The standard InChI is InChI=1S/C25H28ClN3O3S/c1-3-4-5-14-29-24(32)21-11-10-20(26)15-22(21)28-25(29)33-16-23(31)19-8-6-18(7-9-19)12-13-27-17(2)30/h6-11,15H,3-5,12-14,16H2,1-2H3,(H,27,30). The number of thioether (sulfide) groups is 1. The molecule has 3 aromatic rings. The lowest BCUT2D eigenvalue weighted by Crippen LogP contribution is -2.24. The van der Waals surface area contributed by atoms with Gasteiger partial charge in [-0.1, -0.05) is 67.4 Å². The second-order valence-corrected chi connectivity index (χ2v) is 9.24. The molecule has 0 fully saturated rings. The van der Waals surface area contributed by atoms with Crippen LogP contribution in [0.25, 0.3) is 10.9 Å². The topological polar surface area (TPSA) is 81.1 Å². The molecule has 0 spiro atoms. The summed E-state index contributed by atoms with van der Waals surface area (Å²) in [7, 11) is 0. The number of aromatic nitrogens is 2. The Bertz CT molecular complexity index is 1190. The summed E-state index contributed by atoms with van der Waals surface area (Å²) in [5, 5.41) is 4.34. The fraction of sp³-hybridized carbons (Fsp3) is 0.360. The van der Waals surface area contributed by atoms with E-state index in [9.17, 15) is 14.4 Å². The maximum absolute atomic E-state index is 13.1. The van der Waals surface area contributed by atoms with Crippen LogP contribution in [0.5, 0.6) is 0 Å². The molecule has 0 aliphatic carbocycles. The van der Waals surface area contributed by atoms with Gasteiger partial charge >= 0.3 is 0 Å². The van der Waals surface area contributed by atoms with Crippen molar-refractivity contribution in [1.29, 1.82) is 0 Å². The van der Waals surface area contributed by atoms with E-state index < -0.39 is 0 Å². The van der Waals surface area contributed by atoms with Gasteiger partial charge < -0.3 is 5.32 Å². The third-order valence-electron chi connectivity index (χ3n) is 5.26. The first kappa shape index (κ1) is 25.0. The quantitative estimate of drug-likeness (QED) is 0.181. The zero-order valence-electron chi connectivity index (χ0n) is 18.9. The summed E-state index contributed by atoms with van der Waals surface area (Å²) in [5.74, 6) is 0.0860. The van der Waals surface area contributed by atoms with Crippen molar-refractivity contribution in [3.8, 4) is 0 Å². The molecule has 8 heteroatoms. The molecule has 174 valence electrons. The van der Waals surface area contributed by atoms with Crippen LogP contribution in [-0.4, -0.2) is 33.5 Å². The van der Waals surface area contributed by atoms with Gasteiger partial charge in [0.05, 0.1) is 16.7 Å². The highest BCUT2D eigenvalue weighted by atomic mass is 35.5. The number of ketones is 1. The average molecular weight is 486 g/mol. The zero-order chi connectivity index (χ0) is 23.8. The third-order valence-corrected chi connectivity index (χ3v) is 6.48. The molecule has 2 aromatic carbocycles. The first-order valence-electron chi connectivity index (χ1n) is 11.1. The lowest BCUT2D eigenvalue weighted by Gasteiger charge is -2.13. The summed E-state index contributed by atoms with van der Waals surface area (Å²) in [6, 6.07) is 12.5. The largest absolute Gasteiger partial charge is 0.356 e. The van der Waals surface area contributed by atoms with E-state index in [1.165, 1.54) is 18.7 Å². The van der Waals surface area contributed by atoms with Gasteiger partial charge in [0, 0.05) is 30.6 Å². The van der Waals surface area contributed by atoms with Crippen LogP contribution in [-0.2, 0) is 17.8 Å². The Morgan fingerprint density at radius 1 is 1.12 bits per heavy atom. The van der Waals surface area contributed by atoms with Crippen LogP contribution in [0, 0.1) is 0 Å². The molecule has 0 atom stereocenters. The molecule has 1 aromatic heterocycles. The summed E-state index contributed by atoms with van der Waals surface area (Å²) in [6.45, 7) is 4.73. The number of carbonyl (C=O) groups excluding carboxylic acids is 2. The van der Waals surface area contributed by atoms with Crippen molar-refractivity contribution in [2.45, 2.75) is 51.2 Å². The minimum absolute atomic E-state index is 0.0334. The van der Waals surface area contributed by atoms with E-state index in [4.69, 9.17) is 11.6 Å².